The maximum Gasteiger partial charge on any atom is 0.0542 e. The number of hydrogen-bond donors (Lipinski definition) is 0. The van der Waals surface area contributed by atoms with E-state index in [1.807, 2.05) is 0 Å². The standard InChI is InChI=1S/C31H24N2/c1-32(23-12-4-2-5-13-23)25-20-21-31-29(22-25)27-17-9-8-16-26(27)28-18-10-11-19-30(28)33(31)24-14-6-3-7-15-24/h2-22H,1H3. The Balaban J connectivity index is 1.63. The maximum absolute atomic E-state index is 2.39. The first-order chi connectivity index (χ1) is 16.3. The summed E-state index contributed by atoms with van der Waals surface area (Å²) in [4.78, 5) is 4.63. The van der Waals surface area contributed by atoms with Gasteiger partial charge in [0.1, 0.15) is 0 Å². The molecule has 6 rings (SSSR count). The van der Waals surface area contributed by atoms with Crippen LogP contribution in [0.25, 0.3) is 22.3 Å². The first-order valence-corrected chi connectivity index (χ1v) is 11.3. The van der Waals surface area contributed by atoms with E-state index in [4.69, 9.17) is 0 Å². The van der Waals surface area contributed by atoms with E-state index in [9.17, 15) is 0 Å². The Kier molecular flexibility index (Phi) is 4.70. The molecule has 33 heavy (non-hydrogen) atoms. The molecule has 0 atom stereocenters. The number of anilines is 5. The Labute approximate surface area is 195 Å². The lowest BCUT2D eigenvalue weighted by Crippen LogP contribution is -2.12. The fourth-order valence-electron chi connectivity index (χ4n) is 4.78. The van der Waals surface area contributed by atoms with Crippen molar-refractivity contribution in [3.63, 3.8) is 0 Å². The summed E-state index contributed by atoms with van der Waals surface area (Å²) in [6.07, 6.45) is 0. The fourth-order valence-corrected chi connectivity index (χ4v) is 4.78. The predicted molar refractivity (Wildman–Crippen MR) is 140 cm³/mol. The molecule has 1 aliphatic heterocycles. The number of benzene rings is 5. The highest BCUT2D eigenvalue weighted by Gasteiger charge is 2.26. The van der Waals surface area contributed by atoms with E-state index < -0.39 is 0 Å². The average molecular weight is 425 g/mol. The van der Waals surface area contributed by atoms with Gasteiger partial charge in [-0.15, -0.1) is 0 Å². The first kappa shape index (κ1) is 19.4. The van der Waals surface area contributed by atoms with Crippen LogP contribution in [0.2, 0.25) is 0 Å². The molecule has 0 bridgehead atoms. The summed E-state index contributed by atoms with van der Waals surface area (Å²) < 4.78 is 0. The van der Waals surface area contributed by atoms with Gasteiger partial charge in [-0.3, -0.25) is 0 Å². The molecule has 0 radical (unpaired) electrons. The average Bonchev–Trinajstić information content (AvgIpc) is 3.02. The van der Waals surface area contributed by atoms with E-state index in [0.29, 0.717) is 0 Å². The minimum absolute atomic E-state index is 1.16. The highest BCUT2D eigenvalue weighted by molar-refractivity contribution is 6.03. The predicted octanol–water partition coefficient (Wildman–Crippen LogP) is 8.57. The maximum atomic E-state index is 2.39. The van der Waals surface area contributed by atoms with E-state index >= 15 is 0 Å². The highest BCUT2D eigenvalue weighted by Crippen LogP contribution is 2.51. The third-order valence-electron chi connectivity index (χ3n) is 6.42. The molecule has 5 aromatic rings. The Morgan fingerprint density at radius 1 is 0.455 bits per heavy atom. The zero-order chi connectivity index (χ0) is 22.2. The summed E-state index contributed by atoms with van der Waals surface area (Å²) in [5.41, 5.74) is 10.8. The van der Waals surface area contributed by atoms with Crippen molar-refractivity contribution in [1.29, 1.82) is 0 Å². The van der Waals surface area contributed by atoms with Crippen LogP contribution >= 0.6 is 0 Å². The molecular weight excluding hydrogens is 400 g/mol. The van der Waals surface area contributed by atoms with Crippen LogP contribution in [0.3, 0.4) is 0 Å². The lowest BCUT2D eigenvalue weighted by molar-refractivity contribution is 1.20. The molecule has 0 fully saturated rings. The Morgan fingerprint density at radius 2 is 1.00 bits per heavy atom. The van der Waals surface area contributed by atoms with Crippen LogP contribution in [0.4, 0.5) is 28.4 Å². The van der Waals surface area contributed by atoms with Crippen LogP contribution < -0.4 is 9.80 Å². The molecular formula is C31H24N2. The van der Waals surface area contributed by atoms with E-state index in [2.05, 4.69) is 144 Å². The second-order valence-electron chi connectivity index (χ2n) is 8.33. The molecule has 0 spiro atoms. The zero-order valence-corrected chi connectivity index (χ0v) is 18.5. The zero-order valence-electron chi connectivity index (χ0n) is 18.5. The SMILES string of the molecule is CN(c1ccccc1)c1ccc2c(c1)-c1ccccc1-c1ccccc1N2c1ccccc1. The minimum Gasteiger partial charge on any atom is -0.345 e. The quantitative estimate of drug-likeness (QED) is 0.281. The normalized spacial score (nSPS) is 11.7. The van der Waals surface area contributed by atoms with Crippen LogP contribution in [0.1, 0.15) is 0 Å². The number of para-hydroxylation sites is 3. The second-order valence-corrected chi connectivity index (χ2v) is 8.33. The number of rotatable bonds is 3. The van der Waals surface area contributed by atoms with Gasteiger partial charge in [-0.25, -0.2) is 0 Å². The molecule has 0 unspecified atom stereocenters. The molecule has 0 aromatic heterocycles. The number of fused-ring (bicyclic) bond motifs is 5. The van der Waals surface area contributed by atoms with Gasteiger partial charge < -0.3 is 9.80 Å². The third kappa shape index (κ3) is 3.28. The monoisotopic (exact) mass is 424 g/mol. The molecule has 0 saturated carbocycles. The number of nitrogens with zero attached hydrogens (tertiary/aromatic N) is 2. The lowest BCUT2D eigenvalue weighted by atomic mass is 9.94. The van der Waals surface area contributed by atoms with Crippen LogP contribution in [-0.4, -0.2) is 7.05 Å². The van der Waals surface area contributed by atoms with Crippen LogP contribution in [0.5, 0.6) is 0 Å². The summed E-state index contributed by atoms with van der Waals surface area (Å²) in [6, 6.07) is 45.4. The van der Waals surface area contributed by atoms with E-state index in [-0.39, 0.29) is 0 Å². The van der Waals surface area contributed by atoms with Crippen molar-refractivity contribution in [2.24, 2.45) is 0 Å². The summed E-state index contributed by atoms with van der Waals surface area (Å²) in [5, 5.41) is 0. The van der Waals surface area contributed by atoms with Crippen molar-refractivity contribution in [3.05, 3.63) is 127 Å². The van der Waals surface area contributed by atoms with Crippen LogP contribution in [-0.2, 0) is 0 Å². The van der Waals surface area contributed by atoms with E-state index in [0.717, 1.165) is 11.4 Å². The van der Waals surface area contributed by atoms with Gasteiger partial charge in [0.05, 0.1) is 11.4 Å². The van der Waals surface area contributed by atoms with E-state index in [1.54, 1.807) is 0 Å². The minimum atomic E-state index is 1.16. The topological polar surface area (TPSA) is 6.48 Å². The largest absolute Gasteiger partial charge is 0.345 e. The van der Waals surface area contributed by atoms with Crippen LogP contribution in [0, 0.1) is 0 Å². The summed E-state index contributed by atoms with van der Waals surface area (Å²) >= 11 is 0. The van der Waals surface area contributed by atoms with Gasteiger partial charge in [-0.05, 0) is 59.7 Å². The van der Waals surface area contributed by atoms with Gasteiger partial charge in [0.25, 0.3) is 0 Å². The Hall–Kier alpha value is -4.30. The Bertz CT molecular complexity index is 1420. The van der Waals surface area contributed by atoms with Gasteiger partial charge in [0.2, 0.25) is 0 Å². The highest BCUT2D eigenvalue weighted by atomic mass is 15.2. The summed E-state index contributed by atoms with van der Waals surface area (Å²) in [7, 11) is 2.13. The molecule has 0 N–H and O–H groups in total. The molecule has 2 nitrogen and oxygen atoms in total. The third-order valence-corrected chi connectivity index (χ3v) is 6.42. The lowest BCUT2D eigenvalue weighted by Gasteiger charge is -2.28. The van der Waals surface area contributed by atoms with Gasteiger partial charge in [-0.1, -0.05) is 78.9 Å². The van der Waals surface area contributed by atoms with Gasteiger partial charge in [0.15, 0.2) is 0 Å². The van der Waals surface area contributed by atoms with Crippen molar-refractivity contribution in [1.82, 2.24) is 0 Å². The molecule has 2 heteroatoms. The molecule has 0 amide bonds. The molecule has 5 aromatic carbocycles. The molecule has 1 heterocycles. The Morgan fingerprint density at radius 3 is 1.73 bits per heavy atom. The van der Waals surface area contributed by atoms with Gasteiger partial charge in [-0.2, -0.15) is 0 Å². The fraction of sp³-hybridized carbons (Fsp3) is 0.0323. The molecule has 0 aliphatic carbocycles. The van der Waals surface area contributed by atoms with Crippen molar-refractivity contribution in [2.45, 2.75) is 0 Å². The van der Waals surface area contributed by atoms with Crippen molar-refractivity contribution >= 4 is 28.4 Å². The van der Waals surface area contributed by atoms with Crippen molar-refractivity contribution in [2.75, 3.05) is 16.8 Å². The van der Waals surface area contributed by atoms with Crippen LogP contribution in [0.15, 0.2) is 127 Å². The number of hydrogen-bond acceptors (Lipinski definition) is 2. The van der Waals surface area contributed by atoms with Gasteiger partial charge in [0, 0.05) is 35.2 Å². The first-order valence-electron chi connectivity index (χ1n) is 11.3. The molecule has 0 saturated heterocycles. The summed E-state index contributed by atoms with van der Waals surface area (Å²) in [5.74, 6) is 0. The molecule has 1 aliphatic rings. The van der Waals surface area contributed by atoms with E-state index in [1.165, 1.54) is 39.3 Å². The van der Waals surface area contributed by atoms with Crippen molar-refractivity contribution < 1.29 is 0 Å². The van der Waals surface area contributed by atoms with Crippen molar-refractivity contribution in [3.8, 4) is 22.3 Å². The molecule has 158 valence electrons. The smallest absolute Gasteiger partial charge is 0.0542 e. The second kappa shape index (κ2) is 7.99. The van der Waals surface area contributed by atoms with Gasteiger partial charge >= 0.3 is 0 Å². The summed E-state index contributed by atoms with van der Waals surface area (Å²) in [6.45, 7) is 0.